The fraction of sp³-hybridized carbons (Fsp3) is 0.367. The van der Waals surface area contributed by atoms with E-state index >= 15 is 0 Å². The zero-order chi connectivity index (χ0) is 49.1. The molecule has 20 heteroatoms. The molecule has 0 unspecified atom stereocenters. The van der Waals surface area contributed by atoms with Crippen LogP contribution in [0.4, 0.5) is 0 Å². The molecule has 0 aliphatic carbocycles. The first-order valence-electron chi connectivity index (χ1n) is 21.8. The highest BCUT2D eigenvalue weighted by Crippen LogP contribution is 2.36. The van der Waals surface area contributed by atoms with Gasteiger partial charge < -0.3 is 34.2 Å². The van der Waals surface area contributed by atoms with Crippen molar-refractivity contribution >= 4 is 36.0 Å². The normalized spacial score (nSPS) is 14.7. The summed E-state index contributed by atoms with van der Waals surface area (Å²) in [6, 6.07) is 34.1. The molecular formula is C49H61ClN6O11S2. The lowest BCUT2D eigenvalue weighted by atomic mass is 9.88. The Hall–Kier alpha value is -5.48. The number of sulfonamides is 1. The maximum Gasteiger partial charge on any atom is 0.232 e. The van der Waals surface area contributed by atoms with E-state index in [1.807, 2.05) is 97.4 Å². The lowest BCUT2D eigenvalue weighted by Crippen LogP contribution is -2.59. The first kappa shape index (κ1) is 54.5. The quantitative estimate of drug-likeness (QED) is 0.0470. The van der Waals surface area contributed by atoms with Gasteiger partial charge in [0.1, 0.15) is 23.3 Å². The Labute approximate surface area is 409 Å². The minimum absolute atomic E-state index is 0. The van der Waals surface area contributed by atoms with E-state index in [-0.39, 0.29) is 32.1 Å². The van der Waals surface area contributed by atoms with Gasteiger partial charge in [-0.15, -0.1) is 0 Å². The van der Waals surface area contributed by atoms with Crippen molar-refractivity contribution in [1.82, 2.24) is 24.3 Å². The van der Waals surface area contributed by atoms with Crippen molar-refractivity contribution in [3.8, 4) is 45.8 Å². The molecule has 2 aliphatic heterocycles. The molecular weight excluding hydrogens is 948 g/mol. The minimum atomic E-state index is -3.40. The second-order valence-electron chi connectivity index (χ2n) is 15.8. The molecule has 8 rings (SSSR count). The Bertz CT molecular complexity index is 2840. The molecule has 0 radical (unpaired) electrons. The topological polar surface area (TPSA) is 214 Å². The van der Waals surface area contributed by atoms with Gasteiger partial charge in [-0.1, -0.05) is 62.9 Å². The average Bonchev–Trinajstić information content (AvgIpc) is 3.94. The fourth-order valence-corrected chi connectivity index (χ4v) is 8.01. The molecule has 0 spiro atoms. The number of nitrogens with zero attached hydrogens (tertiary/aromatic N) is 4. The van der Waals surface area contributed by atoms with E-state index in [1.54, 1.807) is 50.1 Å². The van der Waals surface area contributed by atoms with Gasteiger partial charge in [0.15, 0.2) is 6.29 Å². The van der Waals surface area contributed by atoms with Crippen LogP contribution in [0.25, 0.3) is 22.5 Å². The number of aldehydes is 1. The molecule has 3 N–H and O–H groups in total. The largest absolute Gasteiger partial charge is 0.439 e. The number of aromatic nitrogens is 4. The third-order valence-electron chi connectivity index (χ3n) is 11.1. The van der Waals surface area contributed by atoms with Crippen molar-refractivity contribution in [2.45, 2.75) is 65.6 Å². The van der Waals surface area contributed by atoms with Crippen LogP contribution in [0.1, 0.15) is 68.5 Å². The molecule has 6 aromatic rings. The molecule has 0 atom stereocenters. The lowest BCUT2D eigenvalue weighted by Gasteiger charge is -2.42. The molecule has 0 saturated carbocycles. The summed E-state index contributed by atoms with van der Waals surface area (Å²) in [5.41, 5.74) is 12.0. The number of halogens is 1. The summed E-state index contributed by atoms with van der Waals surface area (Å²) in [6.45, 7) is 10.0. The van der Waals surface area contributed by atoms with Crippen LogP contribution < -0.4 is 19.9 Å². The van der Waals surface area contributed by atoms with E-state index in [1.165, 1.54) is 6.92 Å². The zero-order valence-corrected chi connectivity index (χ0v) is 41.1. The number of ether oxygens (including phenoxy) is 6. The molecule has 4 aromatic carbocycles. The number of benzene rings is 4. The number of carbonyl (C=O) groups is 1. The van der Waals surface area contributed by atoms with E-state index in [0.717, 1.165) is 39.8 Å². The molecule has 0 amide bonds. The van der Waals surface area contributed by atoms with Crippen molar-refractivity contribution in [2.24, 2.45) is 5.73 Å². The predicted octanol–water partition coefficient (Wildman–Crippen LogP) is 8.39. The van der Waals surface area contributed by atoms with Crippen LogP contribution in [0.3, 0.4) is 0 Å². The molecule has 2 saturated heterocycles. The summed E-state index contributed by atoms with van der Waals surface area (Å²) in [5, 5.41) is 9.37. The Morgan fingerprint density at radius 2 is 1.17 bits per heavy atom. The Morgan fingerprint density at radius 1 is 0.710 bits per heavy atom. The molecule has 4 heterocycles. The fourth-order valence-electron chi connectivity index (χ4n) is 7.03. The number of nitrogens with two attached hydrogens (primary N) is 1. The first-order chi connectivity index (χ1) is 32.5. The molecule has 0 bridgehead atoms. The van der Waals surface area contributed by atoms with Gasteiger partial charge in [-0.25, -0.2) is 26.2 Å². The maximum absolute atomic E-state index is 12.2. The van der Waals surface area contributed by atoms with Gasteiger partial charge in [0, 0.05) is 72.4 Å². The Morgan fingerprint density at radius 3 is 1.57 bits per heavy atom. The summed E-state index contributed by atoms with van der Waals surface area (Å²) >= 11 is 0. The van der Waals surface area contributed by atoms with Crippen molar-refractivity contribution < 1.29 is 50.1 Å². The van der Waals surface area contributed by atoms with Crippen molar-refractivity contribution in [1.29, 1.82) is 0 Å². The average molecular weight is 1010 g/mol. The number of rotatable bonds is 18. The van der Waals surface area contributed by atoms with E-state index in [2.05, 4.69) is 26.6 Å². The predicted molar refractivity (Wildman–Crippen MR) is 266 cm³/mol. The lowest BCUT2D eigenvalue weighted by molar-refractivity contribution is -0.106. The molecule has 2 fully saturated rings. The van der Waals surface area contributed by atoms with E-state index in [9.17, 15) is 21.6 Å². The van der Waals surface area contributed by atoms with Gasteiger partial charge in [-0.3, -0.25) is 4.79 Å². The number of carbonyl (C=O) groups excluding carboxylic acids is 1. The van der Waals surface area contributed by atoms with Crippen molar-refractivity contribution in [3.05, 3.63) is 131 Å². The van der Waals surface area contributed by atoms with Crippen LogP contribution in [0.15, 0.2) is 109 Å². The second kappa shape index (κ2) is 23.9. The molecule has 372 valence electrons. The van der Waals surface area contributed by atoms with Crippen molar-refractivity contribution in [3.63, 3.8) is 0 Å². The summed E-state index contributed by atoms with van der Waals surface area (Å²) in [6.07, 6.45) is 0.386. The van der Waals surface area contributed by atoms with Crippen LogP contribution in [-0.2, 0) is 62.2 Å². The van der Waals surface area contributed by atoms with Crippen LogP contribution in [-0.4, -0.2) is 94.8 Å². The Balaban J connectivity index is 0.000000228. The standard InChI is InChI=1S/C23H25N3O5S.C23H27N3O4.C2H5ClO2S.CH4/c1-3-26-22(31-20-10-8-17(14-27)9-11-20)13-21(24-26)18-6-5-7-19(12-18)23(15-30-16-23)25-32(28,29)4-2;1-4-26-21(30-19-10-8-16(9-11-19)22(27-2)28-3)13-20(25-26)17-6-5-7-18(12-17)23(24)14-29-15-23;1-2-6(3,4)5;/h5-14,25H,3-4,15-16H2,1-2H3;5-13,22H,4,14-15,24H2,1-3H3;2H2,1H3;1H4. The third-order valence-corrected chi connectivity index (χ3v) is 13.9. The van der Waals surface area contributed by atoms with Gasteiger partial charge >= 0.3 is 0 Å². The van der Waals surface area contributed by atoms with Gasteiger partial charge in [0.2, 0.25) is 30.8 Å². The first-order valence-corrected chi connectivity index (χ1v) is 26.0. The number of hydrogen-bond acceptors (Lipinski definition) is 14. The van der Waals surface area contributed by atoms with Gasteiger partial charge in [-0.2, -0.15) is 14.9 Å². The highest BCUT2D eigenvalue weighted by molar-refractivity contribution is 8.13. The number of nitrogens with one attached hydrogen (secondary N) is 1. The van der Waals surface area contributed by atoms with Crippen LogP contribution in [0.5, 0.6) is 23.3 Å². The monoisotopic (exact) mass is 1010 g/mol. The number of methoxy groups -OCH3 is 2. The summed E-state index contributed by atoms with van der Waals surface area (Å²) < 4.78 is 83.7. The highest BCUT2D eigenvalue weighted by Gasteiger charge is 2.43. The SMILES string of the molecule is C.CCS(=O)(=O)Cl.CCn1nc(-c2cccc(C3(N)COC3)c2)cc1Oc1ccc(C(OC)OC)cc1.CCn1nc(-c2cccc(C3(NS(=O)(=O)CC)COC3)c2)cc1Oc1ccc(C=O)cc1. The van der Waals surface area contributed by atoms with Crippen LogP contribution in [0.2, 0.25) is 0 Å². The van der Waals surface area contributed by atoms with Crippen LogP contribution >= 0.6 is 10.7 Å². The molecule has 69 heavy (non-hydrogen) atoms. The summed E-state index contributed by atoms with van der Waals surface area (Å²) in [4.78, 5) is 10.9. The minimum Gasteiger partial charge on any atom is -0.439 e. The Kier molecular flexibility index (Phi) is 18.9. The van der Waals surface area contributed by atoms with Crippen LogP contribution in [0, 0.1) is 0 Å². The summed E-state index contributed by atoms with van der Waals surface area (Å²) in [7, 11) is 1.32. The molecule has 2 aromatic heterocycles. The van der Waals surface area contributed by atoms with E-state index in [4.69, 9.17) is 39.3 Å². The van der Waals surface area contributed by atoms with Gasteiger partial charge in [-0.05, 0) is 80.4 Å². The van der Waals surface area contributed by atoms with Gasteiger partial charge in [0.25, 0.3) is 0 Å². The molecule has 17 nitrogen and oxygen atoms in total. The third kappa shape index (κ3) is 13.9. The zero-order valence-electron chi connectivity index (χ0n) is 38.8. The van der Waals surface area contributed by atoms with E-state index < -0.39 is 36.4 Å². The van der Waals surface area contributed by atoms with Crippen molar-refractivity contribution in [2.75, 3.05) is 52.2 Å². The second-order valence-corrected chi connectivity index (χ2v) is 20.9. The van der Waals surface area contributed by atoms with Gasteiger partial charge in [0.05, 0.1) is 54.9 Å². The highest BCUT2D eigenvalue weighted by atomic mass is 35.7. The summed E-state index contributed by atoms with van der Waals surface area (Å²) in [5.74, 6) is 2.57. The number of hydrogen-bond donors (Lipinski definition) is 2. The maximum atomic E-state index is 12.2. The number of aryl methyl sites for hydroxylation is 2. The molecule has 2 aliphatic rings. The van der Waals surface area contributed by atoms with E-state index in [0.29, 0.717) is 60.8 Å². The smallest absolute Gasteiger partial charge is 0.232 e.